The normalized spacial score (nSPS) is 17.7. The van der Waals surface area contributed by atoms with Crippen molar-refractivity contribution in [3.63, 3.8) is 0 Å². The summed E-state index contributed by atoms with van der Waals surface area (Å²) >= 11 is 0. The van der Waals surface area contributed by atoms with Gasteiger partial charge in [-0.2, -0.15) is 29.1 Å². The summed E-state index contributed by atoms with van der Waals surface area (Å²) in [7, 11) is -4.41. The van der Waals surface area contributed by atoms with E-state index in [-0.39, 0.29) is 18.1 Å². The molecule has 44 heavy (non-hydrogen) atoms. The molecule has 0 aromatic carbocycles. The number of hydrogen-bond donors (Lipinski definition) is 0. The fraction of sp³-hybridized carbons (Fsp3) is 0.667. The van der Waals surface area contributed by atoms with E-state index in [9.17, 15) is 0 Å². The molecule has 3 atom stereocenters. The highest BCUT2D eigenvalue weighted by Crippen LogP contribution is 2.57. The summed E-state index contributed by atoms with van der Waals surface area (Å²) in [6, 6.07) is -0.484. The van der Waals surface area contributed by atoms with Gasteiger partial charge in [0, 0.05) is 34.7 Å². The summed E-state index contributed by atoms with van der Waals surface area (Å²) in [5.41, 5.74) is -1.67. The number of rotatable bonds is 27. The van der Waals surface area contributed by atoms with Crippen molar-refractivity contribution in [1.29, 1.82) is 0 Å². The van der Waals surface area contributed by atoms with Gasteiger partial charge in [-0.1, -0.05) is 36.5 Å². The maximum Gasteiger partial charge on any atom is 0.525 e. The fourth-order valence-electron chi connectivity index (χ4n) is 5.90. The Kier molecular flexibility index (Phi) is 19.1. The Bertz CT molecular complexity index is 848. The van der Waals surface area contributed by atoms with Crippen LogP contribution in [0, 0.1) is 0 Å². The minimum Gasteiger partial charge on any atom is -0.223 e. The van der Waals surface area contributed by atoms with Gasteiger partial charge in [0.25, 0.3) is 0 Å². The van der Waals surface area contributed by atoms with Gasteiger partial charge in [0.1, 0.15) is 0 Å². The van der Waals surface area contributed by atoms with Crippen molar-refractivity contribution in [3.05, 3.63) is 75.9 Å². The molecule has 0 heterocycles. The van der Waals surface area contributed by atoms with Crippen molar-refractivity contribution < 1.29 is 18.4 Å². The summed E-state index contributed by atoms with van der Waals surface area (Å²) in [6.07, 6.45) is 17.4. The Labute approximate surface area is 271 Å². The van der Waals surface area contributed by atoms with E-state index in [0.717, 1.165) is 19.3 Å². The maximum absolute atomic E-state index is 15.4. The third-order valence-corrected chi connectivity index (χ3v) is 9.11. The molecule has 0 aliphatic heterocycles. The Morgan fingerprint density at radius 1 is 0.523 bits per heavy atom. The second-order valence-corrected chi connectivity index (χ2v) is 14.8. The molecule has 0 amide bonds. The minimum absolute atomic E-state index is 0.161. The van der Waals surface area contributed by atoms with Gasteiger partial charge in [-0.15, -0.1) is 39.5 Å². The third kappa shape index (κ3) is 12.7. The van der Waals surface area contributed by atoms with Crippen molar-refractivity contribution in [3.8, 4) is 0 Å². The van der Waals surface area contributed by atoms with Crippen LogP contribution in [0.2, 0.25) is 0 Å². The SMILES string of the molecule is C=CCCC(C)(CC=C)N(OP(=O)(ON(C(C)C)C(C)(CC=C)CCC=C)ON(C(C)C)C(C)(CC=C)CCC=C)C(C)C. The number of allylic oxidation sites excluding steroid dienone is 3. The number of nitrogens with zero attached hydrogens (tertiary/aromatic N) is 3. The Morgan fingerprint density at radius 2 is 0.750 bits per heavy atom. The molecule has 0 aliphatic rings. The van der Waals surface area contributed by atoms with Crippen molar-refractivity contribution in [2.45, 2.75) is 155 Å². The highest BCUT2D eigenvalue weighted by Gasteiger charge is 2.49. The summed E-state index contributed by atoms with van der Waals surface area (Å²) in [4.78, 5) is 0. The fourth-order valence-corrected chi connectivity index (χ4v) is 7.79. The van der Waals surface area contributed by atoms with Crippen LogP contribution in [0.25, 0.3) is 0 Å². The van der Waals surface area contributed by atoms with Crippen molar-refractivity contribution in [1.82, 2.24) is 15.2 Å². The Morgan fingerprint density at radius 3 is 0.909 bits per heavy atom. The van der Waals surface area contributed by atoms with Crippen LogP contribution in [0.4, 0.5) is 0 Å². The van der Waals surface area contributed by atoms with Gasteiger partial charge in [-0.05, 0) is 120 Å². The van der Waals surface area contributed by atoms with E-state index in [1.807, 2.05) is 78.0 Å². The summed E-state index contributed by atoms with van der Waals surface area (Å²) in [5, 5.41) is 5.33. The van der Waals surface area contributed by atoms with Crippen LogP contribution in [0.5, 0.6) is 0 Å². The molecule has 0 fully saturated rings. The lowest BCUT2D eigenvalue weighted by molar-refractivity contribution is -0.264. The summed E-state index contributed by atoms with van der Waals surface area (Å²) in [6.45, 7) is 42.1. The van der Waals surface area contributed by atoms with E-state index < -0.39 is 24.4 Å². The van der Waals surface area contributed by atoms with Gasteiger partial charge in [0.05, 0.1) is 0 Å². The molecule has 0 spiro atoms. The van der Waals surface area contributed by atoms with Gasteiger partial charge in [-0.25, -0.2) is 4.57 Å². The van der Waals surface area contributed by atoms with E-state index in [1.165, 1.54) is 0 Å². The van der Waals surface area contributed by atoms with E-state index in [0.29, 0.717) is 38.5 Å². The molecule has 0 saturated carbocycles. The van der Waals surface area contributed by atoms with Crippen molar-refractivity contribution in [2.24, 2.45) is 0 Å². The lowest BCUT2D eigenvalue weighted by Crippen LogP contribution is -2.53. The molecule has 0 bridgehead atoms. The zero-order valence-electron chi connectivity index (χ0n) is 29.7. The molecule has 7 nitrogen and oxygen atoms in total. The zero-order chi connectivity index (χ0) is 34.2. The molecule has 0 aromatic rings. The number of hydrogen-bond acceptors (Lipinski definition) is 7. The molecule has 254 valence electrons. The highest BCUT2D eigenvalue weighted by molar-refractivity contribution is 7.48. The summed E-state index contributed by atoms with van der Waals surface area (Å²) in [5.74, 6) is 0. The molecule has 8 heteroatoms. The van der Waals surface area contributed by atoms with Gasteiger partial charge in [-0.3, -0.25) is 0 Å². The highest BCUT2D eigenvalue weighted by atomic mass is 31.2. The molecule has 0 saturated heterocycles. The molecular formula is C36H66N3O4P. The van der Waals surface area contributed by atoms with E-state index in [1.54, 1.807) is 15.2 Å². The first-order chi connectivity index (χ1) is 20.5. The second kappa shape index (κ2) is 19.8. The minimum atomic E-state index is -4.41. The molecule has 3 unspecified atom stereocenters. The molecule has 0 radical (unpaired) electrons. The Balaban J connectivity index is 7.37. The van der Waals surface area contributed by atoms with Crippen molar-refractivity contribution >= 4 is 7.82 Å². The van der Waals surface area contributed by atoms with E-state index in [4.69, 9.17) is 13.9 Å². The maximum atomic E-state index is 15.4. The lowest BCUT2D eigenvalue weighted by Gasteiger charge is -2.48. The third-order valence-electron chi connectivity index (χ3n) is 7.98. The Hall–Kier alpha value is -1.57. The predicted molar refractivity (Wildman–Crippen MR) is 190 cm³/mol. The largest absolute Gasteiger partial charge is 0.525 e. The average Bonchev–Trinajstić information content (AvgIpc) is 2.94. The first kappa shape index (κ1) is 42.4. The van der Waals surface area contributed by atoms with Crippen LogP contribution in [0.1, 0.15) is 120 Å². The standard InChI is InChI=1S/C36H66N3O4P/c1-16-22-28-34(13,25-19-4)37(31(7)8)41-44(40,42-38(32(9)10)35(14,26-20-5)29-23-17-2)43-39(33(11)12)36(15,27-21-6)30-24-18-3/h16-21,31-33H,1-6,22-30H2,7-15H3. The van der Waals surface area contributed by atoms with Crippen LogP contribution < -0.4 is 0 Å². The predicted octanol–water partition coefficient (Wildman–Crippen LogP) is 10.9. The average molecular weight is 636 g/mol. The number of hydroxylamine groups is 6. The first-order valence-electron chi connectivity index (χ1n) is 16.2. The van der Waals surface area contributed by atoms with Gasteiger partial charge >= 0.3 is 7.82 Å². The molecule has 0 N–H and O–H groups in total. The molecular weight excluding hydrogens is 569 g/mol. The second-order valence-electron chi connectivity index (χ2n) is 13.4. The van der Waals surface area contributed by atoms with Crippen molar-refractivity contribution in [2.75, 3.05) is 0 Å². The van der Waals surface area contributed by atoms with Crippen LogP contribution in [0.3, 0.4) is 0 Å². The molecule has 0 aromatic heterocycles. The van der Waals surface area contributed by atoms with Gasteiger partial charge in [0.2, 0.25) is 0 Å². The van der Waals surface area contributed by atoms with Crippen LogP contribution in [-0.2, 0) is 18.4 Å². The van der Waals surface area contributed by atoms with Crippen LogP contribution in [-0.4, -0.2) is 49.9 Å². The van der Waals surface area contributed by atoms with Crippen LogP contribution >= 0.6 is 7.82 Å². The molecule has 0 rings (SSSR count). The quantitative estimate of drug-likeness (QED) is 0.0506. The smallest absolute Gasteiger partial charge is 0.223 e. The van der Waals surface area contributed by atoms with E-state index >= 15 is 4.57 Å². The first-order valence-corrected chi connectivity index (χ1v) is 17.7. The summed E-state index contributed by atoms with van der Waals surface area (Å²) < 4.78 is 35.3. The number of phosphoric acid groups is 1. The molecule has 0 aliphatic carbocycles. The van der Waals surface area contributed by atoms with Gasteiger partial charge < -0.3 is 0 Å². The topological polar surface area (TPSA) is 54.5 Å². The zero-order valence-corrected chi connectivity index (χ0v) is 30.6. The van der Waals surface area contributed by atoms with E-state index in [2.05, 4.69) is 60.2 Å². The van der Waals surface area contributed by atoms with Crippen LogP contribution in [0.15, 0.2) is 75.9 Å². The van der Waals surface area contributed by atoms with Gasteiger partial charge in [0.15, 0.2) is 0 Å². The monoisotopic (exact) mass is 635 g/mol. The lowest BCUT2D eigenvalue weighted by atomic mass is 9.90.